The van der Waals surface area contributed by atoms with Gasteiger partial charge in [-0.15, -0.1) is 0 Å². The number of hydrogen-bond acceptors (Lipinski definition) is 2. The molecular formula is C20H23N3O. The summed E-state index contributed by atoms with van der Waals surface area (Å²) in [6.07, 6.45) is 4.58. The number of guanidine groups is 1. The molecule has 4 nitrogen and oxygen atoms in total. The van der Waals surface area contributed by atoms with Gasteiger partial charge in [-0.1, -0.05) is 36.4 Å². The maximum atomic E-state index is 6.12. The lowest BCUT2D eigenvalue weighted by atomic mass is 10.0. The summed E-state index contributed by atoms with van der Waals surface area (Å²) in [5.74, 6) is 1.44. The second kappa shape index (κ2) is 6.56. The molecule has 2 aromatic carbocycles. The monoisotopic (exact) mass is 321 g/mol. The molecule has 1 unspecified atom stereocenters. The number of aliphatic imine (C=N–C) groups is 1. The van der Waals surface area contributed by atoms with Crippen molar-refractivity contribution in [3.8, 4) is 5.75 Å². The molecule has 0 aromatic heterocycles. The minimum atomic E-state index is 0.165. The maximum Gasteiger partial charge on any atom is 0.189 e. The van der Waals surface area contributed by atoms with Crippen molar-refractivity contribution in [3.05, 3.63) is 64.7 Å². The number of benzene rings is 2. The van der Waals surface area contributed by atoms with Gasteiger partial charge in [0, 0.05) is 12.0 Å². The van der Waals surface area contributed by atoms with Crippen molar-refractivity contribution >= 4 is 5.96 Å². The first-order chi connectivity index (χ1) is 11.8. The van der Waals surface area contributed by atoms with Gasteiger partial charge in [0.2, 0.25) is 0 Å². The van der Waals surface area contributed by atoms with Crippen LogP contribution >= 0.6 is 0 Å². The first-order valence-corrected chi connectivity index (χ1v) is 8.68. The highest BCUT2D eigenvalue weighted by molar-refractivity contribution is 5.78. The number of rotatable bonds is 3. The average molecular weight is 321 g/mol. The van der Waals surface area contributed by atoms with E-state index in [0.717, 1.165) is 17.7 Å². The number of aryl methyl sites for hydroxylation is 2. The van der Waals surface area contributed by atoms with E-state index in [2.05, 4.69) is 34.6 Å². The second-order valence-corrected chi connectivity index (χ2v) is 6.53. The Balaban J connectivity index is 1.43. The number of hydrogen-bond donors (Lipinski definition) is 2. The van der Waals surface area contributed by atoms with Gasteiger partial charge in [0.05, 0.1) is 19.2 Å². The van der Waals surface area contributed by atoms with E-state index < -0.39 is 0 Å². The molecule has 0 radical (unpaired) electrons. The second-order valence-electron chi connectivity index (χ2n) is 6.53. The Kier molecular flexibility index (Phi) is 4.11. The predicted octanol–water partition coefficient (Wildman–Crippen LogP) is 3.10. The predicted molar refractivity (Wildman–Crippen MR) is 96.2 cm³/mol. The van der Waals surface area contributed by atoms with Gasteiger partial charge in [0.15, 0.2) is 5.96 Å². The van der Waals surface area contributed by atoms with Crippen molar-refractivity contribution in [2.75, 3.05) is 6.61 Å². The molecule has 0 fully saturated rings. The highest BCUT2D eigenvalue weighted by Gasteiger charge is 2.21. The minimum absolute atomic E-state index is 0.165. The topological polar surface area (TPSA) is 59.6 Å². The van der Waals surface area contributed by atoms with Crippen LogP contribution in [0.5, 0.6) is 5.75 Å². The average Bonchev–Trinajstić information content (AvgIpc) is 3.08. The zero-order chi connectivity index (χ0) is 16.4. The molecule has 4 rings (SSSR count). The van der Waals surface area contributed by atoms with Crippen LogP contribution in [-0.4, -0.2) is 12.6 Å². The summed E-state index contributed by atoms with van der Waals surface area (Å²) in [7, 11) is 0. The molecule has 1 aliphatic carbocycles. The van der Waals surface area contributed by atoms with Gasteiger partial charge in [-0.2, -0.15) is 0 Å². The van der Waals surface area contributed by atoms with E-state index in [4.69, 9.17) is 10.5 Å². The molecule has 1 heterocycles. The van der Waals surface area contributed by atoms with Gasteiger partial charge in [0.1, 0.15) is 5.75 Å². The summed E-state index contributed by atoms with van der Waals surface area (Å²) in [5, 5.41) is 3.35. The first kappa shape index (κ1) is 15.1. The molecule has 24 heavy (non-hydrogen) atoms. The van der Waals surface area contributed by atoms with E-state index in [1.807, 2.05) is 18.2 Å². The summed E-state index contributed by atoms with van der Waals surface area (Å²) in [5.41, 5.74) is 11.5. The van der Waals surface area contributed by atoms with E-state index >= 15 is 0 Å². The van der Waals surface area contributed by atoms with E-state index in [1.54, 1.807) is 0 Å². The van der Waals surface area contributed by atoms with Gasteiger partial charge in [-0.25, -0.2) is 4.99 Å². The van der Waals surface area contributed by atoms with E-state index in [-0.39, 0.29) is 6.04 Å². The fourth-order valence-electron chi connectivity index (χ4n) is 3.62. The molecule has 124 valence electrons. The fourth-order valence-corrected chi connectivity index (χ4v) is 3.62. The molecule has 0 saturated carbocycles. The Labute approximate surface area is 142 Å². The van der Waals surface area contributed by atoms with E-state index in [9.17, 15) is 0 Å². The SMILES string of the molecule is NC(=NCc1ccc2c(c1)CCC2)NC1CCOc2ccccc21. The Hall–Kier alpha value is -2.49. The van der Waals surface area contributed by atoms with Crippen LogP contribution in [-0.2, 0) is 19.4 Å². The first-order valence-electron chi connectivity index (χ1n) is 8.68. The fraction of sp³-hybridized carbons (Fsp3) is 0.350. The number of nitrogens with zero attached hydrogens (tertiary/aromatic N) is 1. The smallest absolute Gasteiger partial charge is 0.189 e. The number of ether oxygens (including phenoxy) is 1. The lowest BCUT2D eigenvalue weighted by Crippen LogP contribution is -2.37. The molecule has 0 amide bonds. The van der Waals surface area contributed by atoms with Crippen LogP contribution in [0.3, 0.4) is 0 Å². The molecule has 1 aliphatic heterocycles. The molecule has 2 aliphatic rings. The summed E-state index contributed by atoms with van der Waals surface area (Å²) in [6.45, 7) is 1.32. The van der Waals surface area contributed by atoms with Crippen molar-refractivity contribution in [1.82, 2.24) is 5.32 Å². The zero-order valence-corrected chi connectivity index (χ0v) is 13.8. The van der Waals surface area contributed by atoms with E-state index in [0.29, 0.717) is 19.1 Å². The third-order valence-corrected chi connectivity index (χ3v) is 4.88. The number of fused-ring (bicyclic) bond motifs is 2. The van der Waals surface area contributed by atoms with Crippen LogP contribution in [0.25, 0.3) is 0 Å². The van der Waals surface area contributed by atoms with Gasteiger partial charge in [-0.05, 0) is 42.0 Å². The van der Waals surface area contributed by atoms with Gasteiger partial charge in [0.25, 0.3) is 0 Å². The highest BCUT2D eigenvalue weighted by atomic mass is 16.5. The van der Waals surface area contributed by atoms with Crippen LogP contribution in [0.15, 0.2) is 47.5 Å². The molecule has 1 atom stereocenters. The Morgan fingerprint density at radius 1 is 1.17 bits per heavy atom. The van der Waals surface area contributed by atoms with Crippen molar-refractivity contribution in [2.24, 2.45) is 10.7 Å². The normalized spacial score (nSPS) is 19.3. The third kappa shape index (κ3) is 3.09. The molecule has 4 heteroatoms. The van der Waals surface area contributed by atoms with Crippen LogP contribution in [0, 0.1) is 0 Å². The molecule has 0 saturated heterocycles. The lowest BCUT2D eigenvalue weighted by Gasteiger charge is -2.26. The van der Waals surface area contributed by atoms with Crippen molar-refractivity contribution in [3.63, 3.8) is 0 Å². The number of nitrogens with one attached hydrogen (secondary N) is 1. The summed E-state index contributed by atoms with van der Waals surface area (Å²) in [4.78, 5) is 4.53. The summed E-state index contributed by atoms with van der Waals surface area (Å²) >= 11 is 0. The molecular weight excluding hydrogens is 298 g/mol. The molecule has 3 N–H and O–H groups in total. The van der Waals surface area contributed by atoms with Crippen molar-refractivity contribution < 1.29 is 4.74 Å². The molecule has 0 spiro atoms. The number of para-hydroxylation sites is 1. The Morgan fingerprint density at radius 2 is 2.04 bits per heavy atom. The minimum Gasteiger partial charge on any atom is -0.493 e. The number of nitrogens with two attached hydrogens (primary N) is 1. The quantitative estimate of drug-likeness (QED) is 0.674. The van der Waals surface area contributed by atoms with Crippen LogP contribution in [0.1, 0.15) is 41.1 Å². The third-order valence-electron chi connectivity index (χ3n) is 4.88. The van der Waals surface area contributed by atoms with Crippen LogP contribution in [0.4, 0.5) is 0 Å². The van der Waals surface area contributed by atoms with Crippen molar-refractivity contribution in [1.29, 1.82) is 0 Å². The lowest BCUT2D eigenvalue weighted by molar-refractivity contribution is 0.262. The van der Waals surface area contributed by atoms with Gasteiger partial charge < -0.3 is 15.8 Å². The standard InChI is InChI=1S/C20H23N3O/c21-20(22-13-14-8-9-15-4-3-5-16(15)12-14)23-18-10-11-24-19-7-2-1-6-17(18)19/h1-2,6-9,12,18H,3-5,10-11,13H2,(H3,21,22,23). The van der Waals surface area contributed by atoms with Gasteiger partial charge in [-0.3, -0.25) is 0 Å². The van der Waals surface area contributed by atoms with Crippen molar-refractivity contribution in [2.45, 2.75) is 38.3 Å². The van der Waals surface area contributed by atoms with Crippen LogP contribution < -0.4 is 15.8 Å². The summed E-state index contributed by atoms with van der Waals surface area (Å²) < 4.78 is 5.69. The Bertz CT molecular complexity index is 769. The largest absolute Gasteiger partial charge is 0.493 e. The zero-order valence-electron chi connectivity index (χ0n) is 13.8. The van der Waals surface area contributed by atoms with Crippen LogP contribution in [0.2, 0.25) is 0 Å². The molecule has 2 aromatic rings. The highest BCUT2D eigenvalue weighted by Crippen LogP contribution is 2.31. The van der Waals surface area contributed by atoms with E-state index in [1.165, 1.54) is 36.0 Å². The summed E-state index contributed by atoms with van der Waals surface area (Å²) in [6, 6.07) is 15.0. The Morgan fingerprint density at radius 3 is 3.00 bits per heavy atom. The van der Waals surface area contributed by atoms with Gasteiger partial charge >= 0.3 is 0 Å². The molecule has 0 bridgehead atoms. The maximum absolute atomic E-state index is 6.12.